The maximum absolute atomic E-state index is 13.3. The maximum Gasteiger partial charge on any atom is 0.244 e. The van der Waals surface area contributed by atoms with Gasteiger partial charge in [0.1, 0.15) is 0 Å². The number of fused-ring (bicyclic) bond motifs is 1. The van der Waals surface area contributed by atoms with Crippen LogP contribution in [0.25, 0.3) is 11.1 Å². The van der Waals surface area contributed by atoms with E-state index in [4.69, 9.17) is 5.21 Å². The number of hydrogen-bond acceptors (Lipinski definition) is 6. The summed E-state index contributed by atoms with van der Waals surface area (Å²) in [5.74, 6) is -1.94. The van der Waals surface area contributed by atoms with E-state index in [1.165, 1.54) is 0 Å². The zero-order valence-corrected chi connectivity index (χ0v) is 23.5. The van der Waals surface area contributed by atoms with Crippen molar-refractivity contribution < 1.29 is 28.3 Å². The Hall–Kier alpha value is -3.57. The van der Waals surface area contributed by atoms with Crippen molar-refractivity contribution >= 4 is 21.8 Å². The van der Waals surface area contributed by atoms with Gasteiger partial charge in [-0.1, -0.05) is 66.7 Å². The van der Waals surface area contributed by atoms with Crippen LogP contribution in [-0.4, -0.2) is 42.2 Å². The molecule has 3 unspecified atom stereocenters. The standard InChI is InChI=1S/C30H35N3O6S/c1-30(2,3)33-40(38,39)26-11-7-6-9-23(26)20-14-12-19(13-15-20)16-22(18-27(35)32-37)29(36)31-28-24-10-5-4-8-21(24)17-25(28)34/h4-15,22,25,28,33-34,37H,16-18H2,1-3H3,(H,31,36)(H,32,35). The molecule has 0 bridgehead atoms. The molecule has 2 amide bonds. The van der Waals surface area contributed by atoms with Gasteiger partial charge in [-0.25, -0.2) is 18.6 Å². The van der Waals surface area contributed by atoms with Crippen LogP contribution < -0.4 is 15.5 Å². The number of amides is 2. The summed E-state index contributed by atoms with van der Waals surface area (Å²) in [7, 11) is -3.78. The zero-order chi connectivity index (χ0) is 29.1. The molecule has 0 saturated carbocycles. The van der Waals surface area contributed by atoms with Crippen LogP contribution >= 0.6 is 0 Å². The van der Waals surface area contributed by atoms with E-state index in [1.807, 2.05) is 24.3 Å². The summed E-state index contributed by atoms with van der Waals surface area (Å²) in [4.78, 5) is 25.5. The average molecular weight is 566 g/mol. The molecule has 10 heteroatoms. The third-order valence-corrected chi connectivity index (χ3v) is 8.61. The number of hydrogen-bond donors (Lipinski definition) is 5. The molecule has 0 saturated heterocycles. The third-order valence-electron chi connectivity index (χ3n) is 6.79. The highest BCUT2D eigenvalue weighted by atomic mass is 32.2. The Morgan fingerprint density at radius 1 is 0.975 bits per heavy atom. The molecule has 40 heavy (non-hydrogen) atoms. The van der Waals surface area contributed by atoms with Crippen LogP contribution in [0.5, 0.6) is 0 Å². The first-order chi connectivity index (χ1) is 18.9. The van der Waals surface area contributed by atoms with Gasteiger partial charge in [-0.3, -0.25) is 14.8 Å². The van der Waals surface area contributed by atoms with Gasteiger partial charge in [0.05, 0.1) is 23.0 Å². The van der Waals surface area contributed by atoms with E-state index in [0.717, 1.165) is 16.7 Å². The van der Waals surface area contributed by atoms with Crippen LogP contribution in [0.15, 0.2) is 77.7 Å². The Labute approximate surface area is 234 Å². The quantitative estimate of drug-likeness (QED) is 0.199. The van der Waals surface area contributed by atoms with Gasteiger partial charge in [-0.2, -0.15) is 0 Å². The summed E-state index contributed by atoms with van der Waals surface area (Å²) >= 11 is 0. The van der Waals surface area contributed by atoms with E-state index in [9.17, 15) is 23.1 Å². The second-order valence-corrected chi connectivity index (χ2v) is 12.8. The number of benzene rings is 3. The minimum atomic E-state index is -3.78. The molecule has 0 radical (unpaired) electrons. The lowest BCUT2D eigenvalue weighted by atomic mass is 9.93. The molecule has 0 spiro atoms. The van der Waals surface area contributed by atoms with Crippen LogP contribution in [0.4, 0.5) is 0 Å². The molecule has 9 nitrogen and oxygen atoms in total. The fourth-order valence-electron chi connectivity index (χ4n) is 5.05. The number of aliphatic hydroxyl groups excluding tert-OH is 1. The first-order valence-corrected chi connectivity index (χ1v) is 14.6. The first-order valence-electron chi connectivity index (χ1n) is 13.1. The van der Waals surface area contributed by atoms with E-state index in [-0.39, 0.29) is 17.7 Å². The van der Waals surface area contributed by atoms with Gasteiger partial charge < -0.3 is 10.4 Å². The van der Waals surface area contributed by atoms with Gasteiger partial charge in [0.25, 0.3) is 0 Å². The summed E-state index contributed by atoms with van der Waals surface area (Å²) < 4.78 is 28.8. The van der Waals surface area contributed by atoms with Gasteiger partial charge in [0.15, 0.2) is 0 Å². The van der Waals surface area contributed by atoms with Crippen molar-refractivity contribution in [3.05, 3.63) is 89.5 Å². The van der Waals surface area contributed by atoms with Crippen molar-refractivity contribution in [3.63, 3.8) is 0 Å². The van der Waals surface area contributed by atoms with Gasteiger partial charge in [0, 0.05) is 23.9 Å². The zero-order valence-electron chi connectivity index (χ0n) is 22.7. The predicted molar refractivity (Wildman–Crippen MR) is 151 cm³/mol. The van der Waals surface area contributed by atoms with Gasteiger partial charge in [-0.15, -0.1) is 0 Å². The molecule has 1 aliphatic rings. The van der Waals surface area contributed by atoms with Crippen LogP contribution in [0.2, 0.25) is 0 Å². The lowest BCUT2D eigenvalue weighted by molar-refractivity contribution is -0.135. The molecule has 212 valence electrons. The smallest absolute Gasteiger partial charge is 0.244 e. The van der Waals surface area contributed by atoms with Crippen LogP contribution in [0.1, 0.15) is 49.9 Å². The minimum absolute atomic E-state index is 0.157. The third kappa shape index (κ3) is 6.95. The second kappa shape index (κ2) is 11.9. The summed E-state index contributed by atoms with van der Waals surface area (Å²) in [6.45, 7) is 5.33. The minimum Gasteiger partial charge on any atom is -0.390 e. The highest BCUT2D eigenvalue weighted by Crippen LogP contribution is 2.32. The molecule has 3 aromatic rings. The van der Waals surface area contributed by atoms with Crippen molar-refractivity contribution in [1.29, 1.82) is 0 Å². The first kappa shape index (κ1) is 29.4. The Morgan fingerprint density at radius 3 is 2.30 bits per heavy atom. The van der Waals surface area contributed by atoms with E-state index < -0.39 is 45.4 Å². The Morgan fingerprint density at radius 2 is 1.62 bits per heavy atom. The monoisotopic (exact) mass is 565 g/mol. The predicted octanol–water partition coefficient (Wildman–Crippen LogP) is 3.26. The number of rotatable bonds is 9. The summed E-state index contributed by atoms with van der Waals surface area (Å²) in [6, 6.07) is 20.8. The van der Waals surface area contributed by atoms with Crippen LogP contribution in [0.3, 0.4) is 0 Å². The molecule has 1 aliphatic carbocycles. The van der Waals surface area contributed by atoms with Crippen LogP contribution in [0, 0.1) is 5.92 Å². The molecule has 4 rings (SSSR count). The topological polar surface area (TPSA) is 145 Å². The normalized spacial score (nSPS) is 17.6. The highest BCUT2D eigenvalue weighted by Gasteiger charge is 2.34. The molecule has 0 aromatic heterocycles. The fourth-order valence-corrected chi connectivity index (χ4v) is 6.70. The number of sulfonamides is 1. The Bertz CT molecular complexity index is 1480. The summed E-state index contributed by atoms with van der Waals surface area (Å²) in [5.41, 5.74) is 4.70. The van der Waals surface area contributed by atoms with Crippen LogP contribution in [-0.2, 0) is 32.5 Å². The van der Waals surface area contributed by atoms with E-state index in [1.54, 1.807) is 74.8 Å². The largest absolute Gasteiger partial charge is 0.390 e. The number of hydroxylamine groups is 1. The molecular formula is C30H35N3O6S. The Kier molecular flexibility index (Phi) is 8.74. The van der Waals surface area contributed by atoms with Gasteiger partial charge >= 0.3 is 0 Å². The molecule has 0 heterocycles. The molecule has 0 fully saturated rings. The fraction of sp³-hybridized carbons (Fsp3) is 0.333. The number of aliphatic hydroxyl groups is 1. The summed E-state index contributed by atoms with van der Waals surface area (Å²) in [6.07, 6.45) is -0.423. The van der Waals surface area contributed by atoms with Crippen molar-refractivity contribution in [3.8, 4) is 11.1 Å². The van der Waals surface area contributed by atoms with E-state index >= 15 is 0 Å². The lowest BCUT2D eigenvalue weighted by Crippen LogP contribution is -2.40. The van der Waals surface area contributed by atoms with Crippen molar-refractivity contribution in [2.75, 3.05) is 0 Å². The molecule has 5 N–H and O–H groups in total. The molecule has 3 atom stereocenters. The average Bonchev–Trinajstić information content (AvgIpc) is 3.22. The maximum atomic E-state index is 13.3. The summed E-state index contributed by atoms with van der Waals surface area (Å²) in [5, 5.41) is 22.5. The molecule has 0 aliphatic heterocycles. The second-order valence-electron chi connectivity index (χ2n) is 11.1. The number of carbonyl (C=O) groups is 2. The van der Waals surface area contributed by atoms with Crippen molar-refractivity contribution in [2.24, 2.45) is 5.92 Å². The highest BCUT2D eigenvalue weighted by molar-refractivity contribution is 7.89. The van der Waals surface area contributed by atoms with Gasteiger partial charge in [-0.05, 0) is 55.5 Å². The molecular weight excluding hydrogens is 530 g/mol. The van der Waals surface area contributed by atoms with Crippen molar-refractivity contribution in [1.82, 2.24) is 15.5 Å². The number of nitrogens with one attached hydrogen (secondary N) is 3. The molecule has 3 aromatic carbocycles. The Balaban J connectivity index is 1.55. The number of carbonyl (C=O) groups excluding carboxylic acids is 2. The van der Waals surface area contributed by atoms with Gasteiger partial charge in [0.2, 0.25) is 21.8 Å². The van der Waals surface area contributed by atoms with E-state index in [2.05, 4.69) is 10.0 Å². The SMILES string of the molecule is CC(C)(C)NS(=O)(=O)c1ccccc1-c1ccc(CC(CC(=O)NO)C(=O)NC2c3ccccc3CC2O)cc1. The van der Waals surface area contributed by atoms with E-state index in [0.29, 0.717) is 17.5 Å². The van der Waals surface area contributed by atoms with Crippen molar-refractivity contribution in [2.45, 2.75) is 62.6 Å². The lowest BCUT2D eigenvalue weighted by Gasteiger charge is -2.23.